The lowest BCUT2D eigenvalue weighted by Gasteiger charge is -1.97. The van der Waals surface area contributed by atoms with Crippen molar-refractivity contribution < 1.29 is 29.7 Å². The highest BCUT2D eigenvalue weighted by Crippen LogP contribution is 1.95. The Kier molecular flexibility index (Phi) is 17.5. The van der Waals surface area contributed by atoms with E-state index in [1.807, 2.05) is 0 Å². The summed E-state index contributed by atoms with van der Waals surface area (Å²) in [5, 5.41) is 30.3. The van der Waals surface area contributed by atoms with Crippen molar-refractivity contribution in [2.24, 2.45) is 0 Å². The van der Waals surface area contributed by atoms with Crippen LogP contribution in [0.1, 0.15) is 31.1 Å². The van der Waals surface area contributed by atoms with Crippen LogP contribution in [-0.4, -0.2) is 17.9 Å². The van der Waals surface area contributed by atoms with Crippen molar-refractivity contribution in [2.75, 3.05) is 0 Å². The molecule has 0 saturated carbocycles. The monoisotopic (exact) mass is 417 g/mol. The van der Waals surface area contributed by atoms with Crippen LogP contribution >= 0.6 is 0 Å². The van der Waals surface area contributed by atoms with E-state index in [9.17, 15) is 29.7 Å². The number of carboxylic acid groups (broad SMARTS) is 3. The molecule has 0 unspecified atom stereocenters. The van der Waals surface area contributed by atoms with Gasteiger partial charge in [-0.1, -0.05) is 91.0 Å². The lowest BCUT2D eigenvalue weighted by Crippen LogP contribution is -2.21. The van der Waals surface area contributed by atoms with Gasteiger partial charge < -0.3 is 48.2 Å². The van der Waals surface area contributed by atoms with Crippen LogP contribution in [0, 0.1) is 0 Å². The van der Waals surface area contributed by atoms with Gasteiger partial charge in [0.25, 0.3) is 0 Å². The molecule has 3 rings (SSSR count). The molecular weight excluding hydrogens is 390 g/mol. The zero-order chi connectivity index (χ0) is 20.1. The molecule has 3 aromatic rings. The molecule has 162 valence electrons. The molecule has 0 radical (unpaired) electrons. The Morgan fingerprint density at radius 1 is 0.400 bits per heavy atom. The van der Waals surface area contributed by atoms with E-state index in [2.05, 4.69) is 0 Å². The first-order chi connectivity index (χ1) is 12.9. The summed E-state index contributed by atoms with van der Waals surface area (Å²) in [6, 6.07) is 24.2. The van der Waals surface area contributed by atoms with Crippen LogP contribution in [0.15, 0.2) is 91.0 Å². The van der Waals surface area contributed by atoms with Crippen molar-refractivity contribution in [1.29, 1.82) is 0 Å². The highest BCUT2D eigenvalue weighted by atomic mass is 16.4. The predicted octanol–water partition coefficient (Wildman–Crippen LogP) is 1.28. The fraction of sp³-hybridized carbons (Fsp3) is 0. The van der Waals surface area contributed by atoms with E-state index >= 15 is 0 Å². The minimum atomic E-state index is -1.13. The third kappa shape index (κ3) is 12.4. The summed E-state index contributed by atoms with van der Waals surface area (Å²) in [5.74, 6) is -3.39. The second-order valence-corrected chi connectivity index (χ2v) is 4.96. The molecule has 0 bridgehead atoms. The van der Waals surface area contributed by atoms with Crippen molar-refractivity contribution >= 4 is 17.9 Å². The smallest absolute Gasteiger partial charge is 0.0715 e. The van der Waals surface area contributed by atoms with Crippen LogP contribution in [0.3, 0.4) is 0 Å². The maximum absolute atomic E-state index is 10.1. The van der Waals surface area contributed by atoms with Crippen LogP contribution in [-0.2, 0) is 0 Å². The zero-order valence-corrected chi connectivity index (χ0v) is 17.1. The summed E-state index contributed by atoms with van der Waals surface area (Å²) in [6.45, 7) is 0. The largest absolute Gasteiger partial charge is 0.545 e. The van der Waals surface area contributed by atoms with Crippen LogP contribution in [0.25, 0.3) is 0 Å². The second kappa shape index (κ2) is 17.1. The quantitative estimate of drug-likeness (QED) is 0.567. The molecule has 0 atom stereocenters. The number of hydrogen-bond acceptors (Lipinski definition) is 6. The molecule has 3 aromatic carbocycles. The number of quaternary nitrogens is 3. The molecule has 30 heavy (non-hydrogen) atoms. The van der Waals surface area contributed by atoms with Gasteiger partial charge in [0.1, 0.15) is 0 Å². The van der Waals surface area contributed by atoms with Gasteiger partial charge in [0.15, 0.2) is 0 Å². The molecule has 0 heterocycles. The Morgan fingerprint density at radius 2 is 0.567 bits per heavy atom. The summed E-state index contributed by atoms with van der Waals surface area (Å²) >= 11 is 0. The van der Waals surface area contributed by atoms with E-state index in [-0.39, 0.29) is 35.1 Å². The summed E-state index contributed by atoms with van der Waals surface area (Å²) < 4.78 is 0. The number of rotatable bonds is 3. The molecule has 0 aromatic heterocycles. The molecule has 0 aliphatic heterocycles. The molecule has 0 aliphatic rings. The third-order valence-corrected chi connectivity index (χ3v) is 3.03. The van der Waals surface area contributed by atoms with Gasteiger partial charge in [0, 0.05) is 0 Å². The van der Waals surface area contributed by atoms with Crippen molar-refractivity contribution in [3.05, 3.63) is 108 Å². The Bertz CT molecular complexity index is 742. The maximum atomic E-state index is 10.1. The SMILES string of the molecule is O=C([O-])c1ccccc1.O=C([O-])c1ccccc1.O=C([O-])c1ccccc1.[NH4+].[NH4+].[NH4+]. The topological polar surface area (TPSA) is 230 Å². The Hall–Kier alpha value is -4.05. The Balaban J connectivity index is -0.000000347. The van der Waals surface area contributed by atoms with Crippen LogP contribution in [0.2, 0.25) is 0 Å². The molecule has 0 fully saturated rings. The summed E-state index contributed by atoms with van der Waals surface area (Å²) in [4.78, 5) is 30.3. The lowest BCUT2D eigenvalue weighted by molar-refractivity contribution is -0.256. The number of carboxylic acids is 3. The molecule has 0 amide bonds. The zero-order valence-electron chi connectivity index (χ0n) is 17.1. The highest BCUT2D eigenvalue weighted by molar-refractivity contribution is 5.86. The van der Waals surface area contributed by atoms with Crippen molar-refractivity contribution in [3.63, 3.8) is 0 Å². The van der Waals surface area contributed by atoms with E-state index in [0.717, 1.165) is 0 Å². The van der Waals surface area contributed by atoms with Crippen molar-refractivity contribution in [2.45, 2.75) is 0 Å². The molecule has 12 N–H and O–H groups in total. The number of carbonyl (C=O) groups excluding carboxylic acids is 3. The van der Waals surface area contributed by atoms with Crippen LogP contribution in [0.5, 0.6) is 0 Å². The van der Waals surface area contributed by atoms with E-state index < -0.39 is 17.9 Å². The van der Waals surface area contributed by atoms with Crippen molar-refractivity contribution in [3.8, 4) is 0 Å². The average Bonchev–Trinajstić information content (AvgIpc) is 2.71. The van der Waals surface area contributed by atoms with Gasteiger partial charge in [0.05, 0.1) is 17.9 Å². The Labute approximate surface area is 174 Å². The van der Waals surface area contributed by atoms with Crippen LogP contribution in [0.4, 0.5) is 0 Å². The minimum Gasteiger partial charge on any atom is -0.545 e. The summed E-state index contributed by atoms with van der Waals surface area (Å²) in [6.07, 6.45) is 0. The highest BCUT2D eigenvalue weighted by Gasteiger charge is 1.87. The number of hydrogen-bond donors (Lipinski definition) is 3. The summed E-state index contributed by atoms with van der Waals surface area (Å²) in [7, 11) is 0. The van der Waals surface area contributed by atoms with Gasteiger partial charge >= 0.3 is 0 Å². The first-order valence-corrected chi connectivity index (χ1v) is 7.71. The van der Waals surface area contributed by atoms with Gasteiger partial charge in [-0.3, -0.25) is 0 Å². The van der Waals surface area contributed by atoms with Crippen molar-refractivity contribution in [1.82, 2.24) is 18.5 Å². The van der Waals surface area contributed by atoms with Gasteiger partial charge in [-0.2, -0.15) is 0 Å². The van der Waals surface area contributed by atoms with Gasteiger partial charge in [-0.05, 0) is 16.7 Å². The van der Waals surface area contributed by atoms with Gasteiger partial charge in [-0.25, -0.2) is 0 Å². The first kappa shape index (κ1) is 30.7. The summed E-state index contributed by atoms with van der Waals surface area (Å²) in [5.41, 5.74) is 0.660. The van der Waals surface area contributed by atoms with Gasteiger partial charge in [0.2, 0.25) is 0 Å². The normalized spacial score (nSPS) is 8.00. The molecule has 0 saturated heterocycles. The van der Waals surface area contributed by atoms with Gasteiger partial charge in [-0.15, -0.1) is 0 Å². The van der Waals surface area contributed by atoms with E-state index in [4.69, 9.17) is 0 Å². The van der Waals surface area contributed by atoms with E-state index in [1.54, 1.807) is 54.6 Å². The molecule has 9 nitrogen and oxygen atoms in total. The first-order valence-electron chi connectivity index (χ1n) is 7.71. The molecule has 0 aliphatic carbocycles. The standard InChI is InChI=1S/3C7H6O2.3H3N/c3*8-7(9)6-4-2-1-3-5-6;;;/h3*1-5H,(H,8,9);3*1H3. The molecule has 0 spiro atoms. The van der Waals surface area contributed by atoms with E-state index in [0.29, 0.717) is 0 Å². The number of carbonyl (C=O) groups is 3. The number of benzene rings is 3. The van der Waals surface area contributed by atoms with Crippen LogP contribution < -0.4 is 33.8 Å². The second-order valence-electron chi connectivity index (χ2n) is 4.96. The minimum absolute atomic E-state index is 0. The molecule has 9 heteroatoms. The maximum Gasteiger partial charge on any atom is 0.0715 e. The predicted molar refractivity (Wildman–Crippen MR) is 110 cm³/mol. The van der Waals surface area contributed by atoms with E-state index in [1.165, 1.54) is 36.4 Å². The number of aromatic carboxylic acids is 3. The molecular formula is C21H27N3O6. The fourth-order valence-corrected chi connectivity index (χ4v) is 1.72. The third-order valence-electron chi connectivity index (χ3n) is 3.03. The fourth-order valence-electron chi connectivity index (χ4n) is 1.72. The Morgan fingerprint density at radius 3 is 0.667 bits per heavy atom. The lowest BCUT2D eigenvalue weighted by atomic mass is 10.2. The average molecular weight is 417 g/mol.